The quantitative estimate of drug-likeness (QED) is 0.611. The lowest BCUT2D eigenvalue weighted by molar-refractivity contribution is -0.133. The van der Waals surface area contributed by atoms with Crippen molar-refractivity contribution < 1.29 is 14.4 Å². The number of anilines is 1. The molecule has 1 unspecified atom stereocenters. The van der Waals surface area contributed by atoms with E-state index in [0.29, 0.717) is 16.8 Å². The van der Waals surface area contributed by atoms with Gasteiger partial charge in [-0.1, -0.05) is 60.7 Å². The number of para-hydroxylation sites is 1. The monoisotopic (exact) mass is 424 g/mol. The largest absolute Gasteiger partial charge is 0.325 e. The van der Waals surface area contributed by atoms with Crippen LogP contribution in [0.2, 0.25) is 0 Å². The predicted octanol–water partition coefficient (Wildman–Crippen LogP) is 3.63. The van der Waals surface area contributed by atoms with Gasteiger partial charge in [0.25, 0.3) is 5.91 Å². The molecule has 4 rings (SSSR count). The molecule has 1 aliphatic heterocycles. The third kappa shape index (κ3) is 3.82. The summed E-state index contributed by atoms with van der Waals surface area (Å²) in [6.45, 7) is 1.16. The Morgan fingerprint density at radius 1 is 1.00 bits per heavy atom. The van der Waals surface area contributed by atoms with Crippen molar-refractivity contribution in [3.05, 3.63) is 90.0 Å². The van der Waals surface area contributed by atoms with Crippen molar-refractivity contribution in [2.75, 3.05) is 11.9 Å². The van der Waals surface area contributed by atoms with Crippen molar-refractivity contribution in [2.45, 2.75) is 12.5 Å². The average molecular weight is 424 g/mol. The summed E-state index contributed by atoms with van der Waals surface area (Å²) in [7, 11) is 0. The van der Waals surface area contributed by atoms with Gasteiger partial charge in [0.05, 0.1) is 11.6 Å². The molecule has 0 bridgehead atoms. The number of hydrogen-bond acceptors (Lipinski definition) is 4. The molecule has 158 valence electrons. The minimum Gasteiger partial charge on any atom is -0.324 e. The maximum absolute atomic E-state index is 13.1. The van der Waals surface area contributed by atoms with Gasteiger partial charge >= 0.3 is 6.03 Å². The third-order valence-corrected chi connectivity index (χ3v) is 5.45. The third-order valence-electron chi connectivity index (χ3n) is 5.45. The molecular weight excluding hydrogens is 404 g/mol. The number of nitrogens with one attached hydrogen (secondary N) is 2. The van der Waals surface area contributed by atoms with Crippen LogP contribution in [0.1, 0.15) is 18.1 Å². The Morgan fingerprint density at radius 3 is 2.34 bits per heavy atom. The van der Waals surface area contributed by atoms with Gasteiger partial charge in [0.2, 0.25) is 5.91 Å². The van der Waals surface area contributed by atoms with E-state index in [1.807, 2.05) is 48.5 Å². The van der Waals surface area contributed by atoms with Gasteiger partial charge in [-0.25, -0.2) is 4.79 Å². The lowest BCUT2D eigenvalue weighted by Gasteiger charge is -2.22. The molecule has 4 amide bonds. The second-order valence-corrected chi connectivity index (χ2v) is 7.60. The van der Waals surface area contributed by atoms with E-state index in [1.165, 1.54) is 0 Å². The van der Waals surface area contributed by atoms with Gasteiger partial charge in [-0.15, -0.1) is 0 Å². The highest BCUT2D eigenvalue weighted by molar-refractivity contribution is 6.10. The molecule has 1 heterocycles. The summed E-state index contributed by atoms with van der Waals surface area (Å²) in [5.74, 6) is -1.01. The minimum atomic E-state index is -1.31. The van der Waals surface area contributed by atoms with Crippen LogP contribution in [-0.4, -0.2) is 29.3 Å². The first-order chi connectivity index (χ1) is 15.4. The van der Waals surface area contributed by atoms with Crippen molar-refractivity contribution in [3.8, 4) is 17.2 Å². The molecule has 1 aliphatic rings. The van der Waals surface area contributed by atoms with Crippen LogP contribution in [0.5, 0.6) is 0 Å². The number of urea groups is 1. The van der Waals surface area contributed by atoms with E-state index < -0.39 is 29.9 Å². The Kier molecular flexibility index (Phi) is 5.44. The zero-order valence-corrected chi connectivity index (χ0v) is 17.3. The number of nitrogens with zero attached hydrogens (tertiary/aromatic N) is 2. The van der Waals surface area contributed by atoms with E-state index in [-0.39, 0.29) is 0 Å². The summed E-state index contributed by atoms with van der Waals surface area (Å²) < 4.78 is 0. The molecule has 32 heavy (non-hydrogen) atoms. The second kappa shape index (κ2) is 8.36. The van der Waals surface area contributed by atoms with E-state index in [1.54, 1.807) is 43.3 Å². The van der Waals surface area contributed by atoms with E-state index in [4.69, 9.17) is 5.26 Å². The van der Waals surface area contributed by atoms with Crippen molar-refractivity contribution in [3.63, 3.8) is 0 Å². The molecule has 0 spiro atoms. The Bertz CT molecular complexity index is 1230. The van der Waals surface area contributed by atoms with E-state index in [2.05, 4.69) is 10.6 Å². The Morgan fingerprint density at radius 2 is 1.66 bits per heavy atom. The smallest absolute Gasteiger partial charge is 0.324 e. The fourth-order valence-electron chi connectivity index (χ4n) is 3.71. The standard InChI is InChI=1S/C25H20N4O3/c1-25(19-13-11-17(15-26)12-14-19)23(31)29(24(32)28-25)16-22(30)27-21-10-6-5-9-20(21)18-7-3-2-4-8-18/h2-14H,16H2,1H3,(H,27,30)(H,28,32). The molecule has 3 aromatic rings. The molecule has 0 aromatic heterocycles. The molecule has 3 aromatic carbocycles. The number of imide groups is 1. The van der Waals surface area contributed by atoms with Crippen molar-refractivity contribution in [2.24, 2.45) is 0 Å². The molecule has 1 fully saturated rings. The van der Waals surface area contributed by atoms with Crippen molar-refractivity contribution in [1.29, 1.82) is 5.26 Å². The van der Waals surface area contributed by atoms with Crippen molar-refractivity contribution in [1.82, 2.24) is 10.2 Å². The number of carbonyl (C=O) groups excluding carboxylic acids is 3. The van der Waals surface area contributed by atoms with Crippen LogP contribution in [0.4, 0.5) is 10.5 Å². The first-order valence-electron chi connectivity index (χ1n) is 10.0. The summed E-state index contributed by atoms with van der Waals surface area (Å²) >= 11 is 0. The second-order valence-electron chi connectivity index (χ2n) is 7.60. The molecule has 2 N–H and O–H groups in total. The minimum absolute atomic E-state index is 0.417. The van der Waals surface area contributed by atoms with Crippen LogP contribution in [0.3, 0.4) is 0 Å². The van der Waals surface area contributed by atoms with E-state index in [0.717, 1.165) is 16.0 Å². The lowest BCUT2D eigenvalue weighted by Crippen LogP contribution is -2.42. The highest BCUT2D eigenvalue weighted by Crippen LogP contribution is 2.30. The highest BCUT2D eigenvalue weighted by atomic mass is 16.2. The zero-order valence-electron chi connectivity index (χ0n) is 17.3. The van der Waals surface area contributed by atoms with Gasteiger partial charge in [0.1, 0.15) is 12.1 Å². The maximum Gasteiger partial charge on any atom is 0.325 e. The van der Waals surface area contributed by atoms with E-state index >= 15 is 0 Å². The first-order valence-corrected chi connectivity index (χ1v) is 10.0. The van der Waals surface area contributed by atoms with Crippen LogP contribution < -0.4 is 10.6 Å². The summed E-state index contributed by atoms with van der Waals surface area (Å²) in [5.41, 5.74) is 2.03. The van der Waals surface area contributed by atoms with E-state index in [9.17, 15) is 14.4 Å². The Hall–Kier alpha value is -4.44. The maximum atomic E-state index is 13.1. The summed E-state index contributed by atoms with van der Waals surface area (Å²) in [4.78, 5) is 39.3. The number of benzene rings is 3. The van der Waals surface area contributed by atoms with Crippen LogP contribution in [0.25, 0.3) is 11.1 Å². The van der Waals surface area contributed by atoms with Crippen LogP contribution in [-0.2, 0) is 15.1 Å². The Balaban J connectivity index is 1.52. The summed E-state index contributed by atoms with van der Waals surface area (Å²) in [6, 6.07) is 24.7. The van der Waals surface area contributed by atoms with Crippen LogP contribution in [0, 0.1) is 11.3 Å². The van der Waals surface area contributed by atoms with Crippen molar-refractivity contribution >= 4 is 23.5 Å². The van der Waals surface area contributed by atoms with Crippen LogP contribution >= 0.6 is 0 Å². The molecule has 7 heteroatoms. The highest BCUT2D eigenvalue weighted by Gasteiger charge is 2.49. The topological polar surface area (TPSA) is 102 Å². The van der Waals surface area contributed by atoms with Gasteiger partial charge < -0.3 is 10.6 Å². The average Bonchev–Trinajstić information content (AvgIpc) is 3.04. The molecule has 7 nitrogen and oxygen atoms in total. The number of amides is 4. The molecule has 0 aliphatic carbocycles. The van der Waals surface area contributed by atoms with Crippen LogP contribution in [0.15, 0.2) is 78.9 Å². The molecular formula is C25H20N4O3. The fourth-order valence-corrected chi connectivity index (χ4v) is 3.71. The number of carbonyl (C=O) groups is 3. The number of nitriles is 1. The van der Waals surface area contributed by atoms with Gasteiger partial charge in [0.15, 0.2) is 0 Å². The molecule has 0 radical (unpaired) electrons. The first kappa shape index (κ1) is 20.8. The number of hydrogen-bond donors (Lipinski definition) is 2. The summed E-state index contributed by atoms with van der Waals surface area (Å²) in [5, 5.41) is 14.4. The lowest BCUT2D eigenvalue weighted by atomic mass is 9.91. The molecule has 1 atom stereocenters. The fraction of sp³-hybridized carbons (Fsp3) is 0.120. The molecule has 1 saturated heterocycles. The van der Waals surface area contributed by atoms with Gasteiger partial charge in [-0.05, 0) is 36.2 Å². The van der Waals surface area contributed by atoms with Gasteiger partial charge in [-0.3, -0.25) is 14.5 Å². The summed E-state index contributed by atoms with van der Waals surface area (Å²) in [6.07, 6.45) is 0. The SMILES string of the molecule is CC1(c2ccc(C#N)cc2)NC(=O)N(CC(=O)Nc2ccccc2-c2ccccc2)C1=O. The van der Waals surface area contributed by atoms with Gasteiger partial charge in [0, 0.05) is 11.3 Å². The predicted molar refractivity (Wildman–Crippen MR) is 119 cm³/mol. The normalized spacial score (nSPS) is 17.6. The Labute approximate surface area is 185 Å². The molecule has 0 saturated carbocycles. The zero-order chi connectivity index (χ0) is 22.7. The number of rotatable bonds is 5. The van der Waals surface area contributed by atoms with Gasteiger partial charge in [-0.2, -0.15) is 5.26 Å².